The van der Waals surface area contributed by atoms with Gasteiger partial charge in [-0.3, -0.25) is 0 Å². The van der Waals surface area contributed by atoms with Gasteiger partial charge < -0.3 is 9.31 Å². The third-order valence-electron chi connectivity index (χ3n) is 4.97. The SMILES string of the molecule is C=CC(=C)B1OC2CC3CC(C2O1)C3(C)C. The predicted octanol–water partition coefficient (Wildman–Crippen LogP) is 2.61. The number of hydrogen-bond acceptors (Lipinski definition) is 2. The van der Waals surface area contributed by atoms with Gasteiger partial charge in [0.15, 0.2) is 0 Å². The molecule has 1 heterocycles. The van der Waals surface area contributed by atoms with Crippen molar-refractivity contribution in [1.29, 1.82) is 0 Å². The van der Waals surface area contributed by atoms with E-state index in [0.29, 0.717) is 17.4 Å². The smallest absolute Gasteiger partial charge is 0.402 e. The molecule has 0 aromatic heterocycles. The molecule has 0 aromatic carbocycles. The zero-order valence-corrected chi connectivity index (χ0v) is 10.1. The summed E-state index contributed by atoms with van der Waals surface area (Å²) < 4.78 is 11.9. The van der Waals surface area contributed by atoms with Crippen molar-refractivity contribution < 1.29 is 9.31 Å². The molecule has 1 saturated heterocycles. The molecule has 0 radical (unpaired) electrons. The highest BCUT2D eigenvalue weighted by molar-refractivity contribution is 6.55. The molecule has 2 nitrogen and oxygen atoms in total. The zero-order valence-electron chi connectivity index (χ0n) is 10.1. The molecule has 1 aliphatic heterocycles. The second kappa shape index (κ2) is 3.24. The van der Waals surface area contributed by atoms with Gasteiger partial charge in [-0.2, -0.15) is 0 Å². The maximum absolute atomic E-state index is 6.01. The van der Waals surface area contributed by atoms with Crippen LogP contribution in [-0.4, -0.2) is 19.3 Å². The van der Waals surface area contributed by atoms with E-state index in [1.807, 2.05) is 0 Å². The fraction of sp³-hybridized carbons (Fsp3) is 0.692. The van der Waals surface area contributed by atoms with Gasteiger partial charge in [0.25, 0.3) is 0 Å². The first-order valence-electron chi connectivity index (χ1n) is 6.16. The van der Waals surface area contributed by atoms with Gasteiger partial charge in [-0.05, 0) is 35.6 Å². The fourth-order valence-electron chi connectivity index (χ4n) is 3.61. The van der Waals surface area contributed by atoms with E-state index in [1.54, 1.807) is 6.08 Å². The van der Waals surface area contributed by atoms with Crippen LogP contribution < -0.4 is 0 Å². The van der Waals surface area contributed by atoms with Crippen LogP contribution in [0.25, 0.3) is 0 Å². The summed E-state index contributed by atoms with van der Waals surface area (Å²) in [5.74, 6) is 1.48. The monoisotopic (exact) mass is 218 g/mol. The lowest BCUT2D eigenvalue weighted by atomic mass is 9.47. The summed E-state index contributed by atoms with van der Waals surface area (Å²) in [6.45, 7) is 12.4. The van der Waals surface area contributed by atoms with E-state index < -0.39 is 0 Å². The van der Waals surface area contributed by atoms with Gasteiger partial charge in [0.2, 0.25) is 0 Å². The molecule has 4 unspecified atom stereocenters. The summed E-state index contributed by atoms with van der Waals surface area (Å²) in [4.78, 5) is 0. The van der Waals surface area contributed by atoms with Gasteiger partial charge >= 0.3 is 7.12 Å². The molecular weight excluding hydrogens is 199 g/mol. The van der Waals surface area contributed by atoms with Gasteiger partial charge in [-0.25, -0.2) is 0 Å². The first kappa shape index (κ1) is 10.6. The lowest BCUT2D eigenvalue weighted by Crippen LogP contribution is -2.59. The van der Waals surface area contributed by atoms with Crippen LogP contribution in [0.1, 0.15) is 26.7 Å². The molecule has 0 aromatic rings. The van der Waals surface area contributed by atoms with E-state index in [9.17, 15) is 0 Å². The fourth-order valence-corrected chi connectivity index (χ4v) is 3.61. The Bertz CT molecular complexity index is 350. The Morgan fingerprint density at radius 1 is 1.38 bits per heavy atom. The van der Waals surface area contributed by atoms with Crippen molar-refractivity contribution in [2.24, 2.45) is 17.3 Å². The van der Waals surface area contributed by atoms with E-state index in [0.717, 1.165) is 17.8 Å². The van der Waals surface area contributed by atoms with Gasteiger partial charge in [0.05, 0.1) is 12.2 Å². The first-order chi connectivity index (χ1) is 7.54. The molecule has 0 N–H and O–H groups in total. The predicted molar refractivity (Wildman–Crippen MR) is 64.8 cm³/mol. The molecule has 3 saturated carbocycles. The Labute approximate surface area is 97.8 Å². The second-order valence-electron chi connectivity index (χ2n) is 5.98. The summed E-state index contributed by atoms with van der Waals surface area (Å²) in [6.07, 6.45) is 4.76. The molecule has 3 heteroatoms. The van der Waals surface area contributed by atoms with Crippen LogP contribution in [0, 0.1) is 17.3 Å². The number of hydrogen-bond donors (Lipinski definition) is 0. The third-order valence-corrected chi connectivity index (χ3v) is 4.97. The Hall–Kier alpha value is -0.535. The van der Waals surface area contributed by atoms with Crippen molar-refractivity contribution in [2.75, 3.05) is 0 Å². The minimum atomic E-state index is -0.248. The van der Waals surface area contributed by atoms with Gasteiger partial charge in [-0.1, -0.05) is 33.1 Å². The van der Waals surface area contributed by atoms with Gasteiger partial charge in [0.1, 0.15) is 0 Å². The van der Waals surface area contributed by atoms with E-state index in [-0.39, 0.29) is 13.2 Å². The van der Waals surface area contributed by atoms with E-state index in [4.69, 9.17) is 9.31 Å². The van der Waals surface area contributed by atoms with Crippen molar-refractivity contribution in [3.8, 4) is 0 Å². The molecule has 3 aliphatic carbocycles. The average molecular weight is 218 g/mol. The van der Waals surface area contributed by atoms with Crippen LogP contribution in [0.2, 0.25) is 0 Å². The van der Waals surface area contributed by atoms with Crippen molar-refractivity contribution in [3.05, 3.63) is 24.7 Å². The number of allylic oxidation sites excluding steroid dienone is 2. The van der Waals surface area contributed by atoms with Crippen molar-refractivity contribution >= 4 is 7.12 Å². The van der Waals surface area contributed by atoms with Crippen LogP contribution in [0.4, 0.5) is 0 Å². The molecule has 0 amide bonds. The lowest BCUT2D eigenvalue weighted by Gasteiger charge is -2.60. The molecule has 16 heavy (non-hydrogen) atoms. The molecule has 4 atom stereocenters. The second-order valence-corrected chi connectivity index (χ2v) is 5.98. The van der Waals surface area contributed by atoms with Gasteiger partial charge in [0, 0.05) is 0 Å². The summed E-state index contributed by atoms with van der Waals surface area (Å²) in [7, 11) is -0.248. The molecule has 4 rings (SSSR count). The Morgan fingerprint density at radius 2 is 2.12 bits per heavy atom. The highest BCUT2D eigenvalue weighted by atomic mass is 16.7. The summed E-state index contributed by atoms with van der Waals surface area (Å²) in [5.41, 5.74) is 1.29. The van der Waals surface area contributed by atoms with Gasteiger partial charge in [-0.15, -0.1) is 0 Å². The van der Waals surface area contributed by atoms with Crippen LogP contribution in [0.5, 0.6) is 0 Å². The Balaban J connectivity index is 1.77. The van der Waals surface area contributed by atoms with Crippen LogP contribution in [-0.2, 0) is 9.31 Å². The molecule has 2 bridgehead atoms. The molecule has 86 valence electrons. The van der Waals surface area contributed by atoms with E-state index in [2.05, 4.69) is 27.0 Å². The van der Waals surface area contributed by atoms with Crippen molar-refractivity contribution in [1.82, 2.24) is 0 Å². The first-order valence-corrected chi connectivity index (χ1v) is 6.16. The topological polar surface area (TPSA) is 18.5 Å². The van der Waals surface area contributed by atoms with Crippen molar-refractivity contribution in [3.63, 3.8) is 0 Å². The Kier molecular flexibility index (Phi) is 2.15. The van der Waals surface area contributed by atoms with Crippen LogP contribution in [0.15, 0.2) is 24.7 Å². The molecule has 4 aliphatic rings. The highest BCUT2D eigenvalue weighted by Gasteiger charge is 2.62. The molecular formula is C13H19BO2. The quantitative estimate of drug-likeness (QED) is 0.524. The highest BCUT2D eigenvalue weighted by Crippen LogP contribution is 2.61. The largest absolute Gasteiger partial charge is 0.493 e. The normalized spacial score (nSPS) is 43.5. The maximum atomic E-state index is 6.01. The van der Waals surface area contributed by atoms with E-state index in [1.165, 1.54) is 6.42 Å². The van der Waals surface area contributed by atoms with Crippen LogP contribution in [0.3, 0.4) is 0 Å². The lowest BCUT2D eigenvalue weighted by molar-refractivity contribution is -0.150. The Morgan fingerprint density at radius 3 is 2.75 bits per heavy atom. The summed E-state index contributed by atoms with van der Waals surface area (Å²) >= 11 is 0. The van der Waals surface area contributed by atoms with Crippen LogP contribution >= 0.6 is 0 Å². The summed E-state index contributed by atoms with van der Waals surface area (Å²) in [6, 6.07) is 0. The standard InChI is InChI=1S/C13H19BO2/c1-5-8(2)14-15-11-7-9-6-10(12(11)16-14)13(9,3)4/h5,9-12H,1-2,6-7H2,3-4H3. The summed E-state index contributed by atoms with van der Waals surface area (Å²) in [5, 5.41) is 0. The minimum absolute atomic E-state index is 0.248. The third kappa shape index (κ3) is 1.22. The zero-order chi connectivity index (χ0) is 11.5. The van der Waals surface area contributed by atoms with Crippen molar-refractivity contribution in [2.45, 2.75) is 38.9 Å². The molecule has 0 spiro atoms. The average Bonchev–Trinajstić information content (AvgIpc) is 2.70. The number of rotatable bonds is 2. The minimum Gasteiger partial charge on any atom is -0.402 e. The maximum Gasteiger partial charge on any atom is 0.493 e. The van der Waals surface area contributed by atoms with E-state index >= 15 is 0 Å². The molecule has 4 fully saturated rings.